The Labute approximate surface area is 467 Å². The van der Waals surface area contributed by atoms with E-state index in [9.17, 15) is 34.3 Å². The van der Waals surface area contributed by atoms with Crippen LogP contribution in [0.5, 0.6) is 5.75 Å². The van der Waals surface area contributed by atoms with Crippen LogP contribution in [0.1, 0.15) is 114 Å². The van der Waals surface area contributed by atoms with E-state index in [2.05, 4.69) is 25.9 Å². The average molecular weight is 1100 g/mol. The van der Waals surface area contributed by atoms with Crippen molar-refractivity contribution in [3.8, 4) is 32.7 Å². The molecule has 3 fully saturated rings. The first kappa shape index (κ1) is 54.6. The molecule has 2 aromatic heterocycles. The molecule has 1 saturated carbocycles. The highest BCUT2D eigenvalue weighted by Crippen LogP contribution is 2.44. The fraction of sp³-hybridized carbons (Fsp3) is 0.383. The summed E-state index contributed by atoms with van der Waals surface area (Å²) in [4.78, 5) is 102. The van der Waals surface area contributed by atoms with E-state index in [0.29, 0.717) is 48.1 Å². The minimum absolute atomic E-state index is 0.0101. The summed E-state index contributed by atoms with van der Waals surface area (Å²) in [5.74, 6) is -2.14. The summed E-state index contributed by atoms with van der Waals surface area (Å²) in [7, 11) is 0. The predicted molar refractivity (Wildman–Crippen MR) is 298 cm³/mol. The van der Waals surface area contributed by atoms with Gasteiger partial charge in [-0.1, -0.05) is 88.2 Å². The fourth-order valence-electron chi connectivity index (χ4n) is 11.4. The minimum atomic E-state index is -1.24. The molecular weight excluding hydrogens is 1040 g/mol. The first-order chi connectivity index (χ1) is 37.9. The van der Waals surface area contributed by atoms with Gasteiger partial charge in [0.05, 0.1) is 56.4 Å². The lowest BCUT2D eigenvalue weighted by Gasteiger charge is -2.41. The molecule has 2 saturated heterocycles. The number of nitrogens with one attached hydrogen (secondary N) is 3. The lowest BCUT2D eigenvalue weighted by atomic mass is 9.85. The number of fused-ring (bicyclic) bond motifs is 1. The van der Waals surface area contributed by atoms with Crippen LogP contribution < -0.4 is 20.7 Å². The standard InChI is InChI=1S/C60H63N9O8S2/c1-35-50(78-33-64-35)40-14-10-38(11-15-40)28-62-54(72)48-24-44(70)31-68(48)58(76)60(22-6-7-23-60)69-30-43-20-21-45(25-47(43)56(69)74)77-46-26-49(55(73)63-29-39-12-16-41(17-13-39)51-36(2)65-34-79-51)67(32-46)57(75)52(59(3,4)5)66-53(71)42-18-8-37(27-61)9-19-42/h8-21,25,33-34,44,46,48-49,52,70H,6-7,22-24,26,28-32H2,1-5H3,(H,62,72)(H,63,73)(H,66,71)/t44-,46-,48+,49+,52-/m1/s1. The zero-order chi connectivity index (χ0) is 55.8. The van der Waals surface area contributed by atoms with Gasteiger partial charge in [-0.2, -0.15) is 5.26 Å². The maximum Gasteiger partial charge on any atom is 0.255 e. The van der Waals surface area contributed by atoms with Gasteiger partial charge in [0.25, 0.3) is 11.8 Å². The molecule has 408 valence electrons. The van der Waals surface area contributed by atoms with Gasteiger partial charge in [-0.15, -0.1) is 22.7 Å². The smallest absolute Gasteiger partial charge is 0.255 e. The van der Waals surface area contributed by atoms with Gasteiger partial charge >= 0.3 is 0 Å². The Morgan fingerprint density at radius 2 is 1.35 bits per heavy atom. The topological polar surface area (TPSA) is 227 Å². The number of benzene rings is 4. The molecule has 1 aliphatic carbocycles. The number of amides is 6. The van der Waals surface area contributed by atoms with Crippen LogP contribution in [0.3, 0.4) is 0 Å². The molecule has 4 aliphatic rings. The Kier molecular flexibility index (Phi) is 15.6. The largest absolute Gasteiger partial charge is 0.488 e. The number of hydrogen-bond donors (Lipinski definition) is 4. The third-order valence-corrected chi connectivity index (χ3v) is 17.7. The molecule has 4 N–H and O–H groups in total. The zero-order valence-electron chi connectivity index (χ0n) is 44.8. The monoisotopic (exact) mass is 1100 g/mol. The summed E-state index contributed by atoms with van der Waals surface area (Å²) in [5, 5.41) is 29.2. The number of nitrogens with zero attached hydrogens (tertiary/aromatic N) is 6. The van der Waals surface area contributed by atoms with Crippen LogP contribution in [0, 0.1) is 30.6 Å². The number of ether oxygens (including phenoxy) is 1. The van der Waals surface area contributed by atoms with Crippen LogP contribution in [-0.4, -0.2) is 114 Å². The second-order valence-corrected chi connectivity index (χ2v) is 23.8. The van der Waals surface area contributed by atoms with E-state index in [1.54, 1.807) is 51.3 Å². The molecule has 0 spiro atoms. The van der Waals surface area contributed by atoms with Gasteiger partial charge in [0.1, 0.15) is 35.5 Å². The van der Waals surface area contributed by atoms with E-state index in [4.69, 9.17) is 4.74 Å². The van der Waals surface area contributed by atoms with Crippen LogP contribution in [0.25, 0.3) is 20.9 Å². The second-order valence-electron chi connectivity index (χ2n) is 22.1. The van der Waals surface area contributed by atoms with Crippen molar-refractivity contribution < 1.29 is 38.6 Å². The summed E-state index contributed by atoms with van der Waals surface area (Å²) < 4.78 is 6.61. The van der Waals surface area contributed by atoms with Crippen molar-refractivity contribution in [3.05, 3.63) is 147 Å². The Balaban J connectivity index is 0.842. The van der Waals surface area contributed by atoms with Gasteiger partial charge in [0.2, 0.25) is 23.6 Å². The minimum Gasteiger partial charge on any atom is -0.488 e. The van der Waals surface area contributed by atoms with E-state index in [0.717, 1.165) is 43.4 Å². The first-order valence-electron chi connectivity index (χ1n) is 26.7. The van der Waals surface area contributed by atoms with E-state index in [-0.39, 0.29) is 68.9 Å². The first-order valence-corrected chi connectivity index (χ1v) is 28.4. The molecule has 4 aromatic carbocycles. The van der Waals surface area contributed by atoms with Gasteiger partial charge in [-0.25, -0.2) is 9.97 Å². The van der Waals surface area contributed by atoms with Crippen molar-refractivity contribution in [1.82, 2.24) is 40.6 Å². The summed E-state index contributed by atoms with van der Waals surface area (Å²) in [6, 6.07) is 26.1. The van der Waals surface area contributed by atoms with Crippen molar-refractivity contribution in [3.63, 3.8) is 0 Å². The molecule has 5 atom stereocenters. The Bertz CT molecular complexity index is 3340. The molecule has 0 radical (unpaired) electrons. The molecule has 6 amide bonds. The number of aryl methyl sites for hydroxylation is 2. The number of carbonyl (C=O) groups excluding carboxylic acids is 6. The number of aliphatic hydroxyl groups excluding tert-OH is 1. The molecule has 0 unspecified atom stereocenters. The SMILES string of the molecule is Cc1ncsc1-c1ccc(CNC(=O)[C@@H]2C[C@@H](Oc3ccc4c(c3)C(=O)N(C3(C(=O)N5C[C@H](O)C[C@H]5C(=O)NCc5ccc(-c6scnc6C)cc5)CCCC3)C4)CN2C(=O)[C@@H](NC(=O)c2ccc(C#N)cc2)C(C)(C)C)cc1. The highest BCUT2D eigenvalue weighted by molar-refractivity contribution is 7.13. The molecule has 3 aliphatic heterocycles. The van der Waals surface area contributed by atoms with Crippen molar-refractivity contribution >= 4 is 58.1 Å². The summed E-state index contributed by atoms with van der Waals surface area (Å²) in [6.45, 7) is 9.95. The number of rotatable bonds is 15. The van der Waals surface area contributed by atoms with Crippen molar-refractivity contribution in [1.29, 1.82) is 5.26 Å². The van der Waals surface area contributed by atoms with Crippen molar-refractivity contribution in [2.45, 2.75) is 129 Å². The maximum atomic E-state index is 15.0. The number of β-amino-alcohol motifs (C(OH)–C–C–N with tert-alkyl or cyclic N) is 1. The molecule has 10 rings (SSSR count). The molecule has 0 bridgehead atoms. The van der Waals surface area contributed by atoms with Gasteiger partial charge in [-0.05, 0) is 96.3 Å². The Morgan fingerprint density at radius 3 is 1.89 bits per heavy atom. The number of thiazole rings is 2. The fourth-order valence-corrected chi connectivity index (χ4v) is 13.0. The highest BCUT2D eigenvalue weighted by atomic mass is 32.1. The highest BCUT2D eigenvalue weighted by Gasteiger charge is 2.55. The summed E-state index contributed by atoms with van der Waals surface area (Å²) in [6.07, 6.45) is 0.757. The van der Waals surface area contributed by atoms with Crippen LogP contribution in [-0.2, 0) is 38.8 Å². The lowest BCUT2D eigenvalue weighted by Crippen LogP contribution is -2.60. The number of aromatic nitrogens is 2. The molecule has 19 heteroatoms. The normalized spacial score (nSPS) is 19.9. The van der Waals surface area contributed by atoms with Crippen LogP contribution >= 0.6 is 22.7 Å². The molecule has 5 heterocycles. The van der Waals surface area contributed by atoms with Gasteiger partial charge in [-0.3, -0.25) is 28.8 Å². The van der Waals surface area contributed by atoms with Crippen LogP contribution in [0.2, 0.25) is 0 Å². The van der Waals surface area contributed by atoms with E-state index in [1.165, 1.54) is 34.1 Å². The molecule has 17 nitrogen and oxygen atoms in total. The van der Waals surface area contributed by atoms with Gasteiger partial charge < -0.3 is 40.5 Å². The number of carbonyl (C=O) groups is 6. The van der Waals surface area contributed by atoms with E-state index < -0.39 is 59.0 Å². The number of hydrogen-bond acceptors (Lipinski definition) is 13. The van der Waals surface area contributed by atoms with Gasteiger partial charge in [0, 0.05) is 50.1 Å². The third kappa shape index (κ3) is 11.3. The average Bonchev–Trinajstić information content (AvgIpc) is 4.54. The molecular formula is C60H63N9O8S2. The van der Waals surface area contributed by atoms with E-state index in [1.807, 2.05) is 94.7 Å². The Morgan fingerprint density at radius 1 is 0.785 bits per heavy atom. The molecule has 6 aromatic rings. The van der Waals surface area contributed by atoms with Crippen molar-refractivity contribution in [2.24, 2.45) is 5.41 Å². The molecule has 79 heavy (non-hydrogen) atoms. The summed E-state index contributed by atoms with van der Waals surface area (Å²) in [5.41, 5.74) is 8.94. The van der Waals surface area contributed by atoms with Crippen LogP contribution in [0.4, 0.5) is 0 Å². The number of aliphatic hydroxyl groups is 1. The van der Waals surface area contributed by atoms with Crippen LogP contribution in [0.15, 0.2) is 102 Å². The second kappa shape index (κ2) is 22.5. The maximum absolute atomic E-state index is 15.0. The summed E-state index contributed by atoms with van der Waals surface area (Å²) >= 11 is 3.12. The zero-order valence-corrected chi connectivity index (χ0v) is 46.4. The predicted octanol–water partition coefficient (Wildman–Crippen LogP) is 7.48. The quantitative estimate of drug-likeness (QED) is 0.0788. The number of nitriles is 1. The third-order valence-electron chi connectivity index (χ3n) is 15.7. The Hall–Kier alpha value is -7.79. The van der Waals surface area contributed by atoms with Gasteiger partial charge in [0.15, 0.2) is 0 Å². The lowest BCUT2D eigenvalue weighted by molar-refractivity contribution is -0.148. The van der Waals surface area contributed by atoms with Crippen molar-refractivity contribution in [2.75, 3.05) is 13.1 Å². The van der Waals surface area contributed by atoms with E-state index >= 15 is 4.79 Å². The number of likely N-dealkylation sites (tertiary alicyclic amines) is 2.